The Hall–Kier alpha value is -0.790. The molecule has 20 heavy (non-hydrogen) atoms. The number of primary amides is 1. The van der Waals surface area contributed by atoms with Gasteiger partial charge >= 0.3 is 0 Å². The normalized spacial score (nSPS) is 20.3. The van der Waals surface area contributed by atoms with Gasteiger partial charge in [-0.15, -0.1) is 0 Å². The zero-order chi connectivity index (χ0) is 15.0. The first kappa shape index (κ1) is 15.6. The van der Waals surface area contributed by atoms with Crippen molar-refractivity contribution in [3.63, 3.8) is 0 Å². The summed E-state index contributed by atoms with van der Waals surface area (Å²) in [5, 5.41) is 3.62. The summed E-state index contributed by atoms with van der Waals surface area (Å²) >= 11 is 9.21. The van der Waals surface area contributed by atoms with Crippen LogP contribution in [0.15, 0.2) is 22.7 Å². The third-order valence-corrected chi connectivity index (χ3v) is 6.32. The molecule has 0 radical (unpaired) electrons. The van der Waals surface area contributed by atoms with Crippen LogP contribution in [0.3, 0.4) is 0 Å². The lowest BCUT2D eigenvalue weighted by molar-refractivity contribution is -0.122. The van der Waals surface area contributed by atoms with Crippen molar-refractivity contribution in [1.29, 1.82) is 0 Å². The van der Waals surface area contributed by atoms with Gasteiger partial charge in [-0.2, -0.15) is 0 Å². The van der Waals surface area contributed by atoms with Crippen molar-refractivity contribution in [1.82, 2.24) is 0 Å². The Labute approximate surface area is 130 Å². The summed E-state index contributed by atoms with van der Waals surface area (Å²) in [5.41, 5.74) is 5.11. The van der Waals surface area contributed by atoms with Gasteiger partial charge in [-0.1, -0.05) is 11.6 Å². The Balaban J connectivity index is 2.26. The Morgan fingerprint density at radius 2 is 1.95 bits per heavy atom. The molecule has 8 heteroatoms. The molecule has 1 aliphatic heterocycles. The summed E-state index contributed by atoms with van der Waals surface area (Å²) in [6.07, 6.45) is 0.343. The molecular formula is C12H14BrClN2O3S. The van der Waals surface area contributed by atoms with Crippen molar-refractivity contribution in [3.05, 3.63) is 27.7 Å². The molecule has 1 amide bonds. The zero-order valence-corrected chi connectivity index (χ0v) is 13.7. The van der Waals surface area contributed by atoms with Crippen LogP contribution < -0.4 is 11.1 Å². The molecule has 3 N–H and O–H groups in total. The number of hydrogen-bond acceptors (Lipinski definition) is 4. The number of nitrogens with one attached hydrogen (secondary N) is 1. The van der Waals surface area contributed by atoms with Crippen molar-refractivity contribution in [2.75, 3.05) is 16.8 Å². The highest BCUT2D eigenvalue weighted by atomic mass is 79.9. The highest BCUT2D eigenvalue weighted by Gasteiger charge is 2.42. The summed E-state index contributed by atoms with van der Waals surface area (Å²) in [5.74, 6) is -0.631. The quantitative estimate of drug-likeness (QED) is 0.837. The van der Waals surface area contributed by atoms with Crippen LogP contribution in [0.1, 0.15) is 12.8 Å². The first-order valence-corrected chi connectivity index (χ1v) is 8.97. The molecule has 0 atom stereocenters. The summed E-state index contributed by atoms with van der Waals surface area (Å²) in [6, 6.07) is 5.14. The fourth-order valence-corrected chi connectivity index (χ4v) is 4.19. The summed E-state index contributed by atoms with van der Waals surface area (Å²) in [4.78, 5) is 11.8. The molecular weight excluding hydrogens is 368 g/mol. The van der Waals surface area contributed by atoms with Crippen LogP contribution >= 0.6 is 27.5 Å². The molecule has 0 spiro atoms. The van der Waals surface area contributed by atoms with Crippen molar-refractivity contribution >= 4 is 49.0 Å². The molecule has 110 valence electrons. The summed E-state index contributed by atoms with van der Waals surface area (Å²) in [7, 11) is -3.07. The van der Waals surface area contributed by atoms with Crippen molar-refractivity contribution < 1.29 is 13.2 Å². The first-order chi connectivity index (χ1) is 9.24. The van der Waals surface area contributed by atoms with Crippen LogP contribution in [0.25, 0.3) is 0 Å². The number of carbonyl (C=O) groups is 1. The maximum Gasteiger partial charge on any atom is 0.243 e. The Bertz CT molecular complexity index is 634. The molecule has 1 aromatic carbocycles. The second kappa shape index (κ2) is 5.54. The molecule has 2 rings (SSSR count). The van der Waals surface area contributed by atoms with Gasteiger partial charge in [0.25, 0.3) is 0 Å². The van der Waals surface area contributed by atoms with E-state index in [2.05, 4.69) is 21.2 Å². The second-order valence-electron chi connectivity index (χ2n) is 4.85. The molecule has 1 aliphatic rings. The van der Waals surface area contributed by atoms with E-state index in [1.165, 1.54) is 0 Å². The smallest absolute Gasteiger partial charge is 0.243 e. The molecule has 5 nitrogen and oxygen atoms in total. The highest BCUT2D eigenvalue weighted by Crippen LogP contribution is 2.31. The lowest BCUT2D eigenvalue weighted by Crippen LogP contribution is -2.55. The van der Waals surface area contributed by atoms with E-state index in [1.807, 2.05) is 0 Å². The van der Waals surface area contributed by atoms with E-state index in [0.29, 0.717) is 15.2 Å². The first-order valence-electron chi connectivity index (χ1n) is 5.98. The van der Waals surface area contributed by atoms with Gasteiger partial charge in [-0.05, 0) is 47.0 Å². The van der Waals surface area contributed by atoms with Crippen molar-refractivity contribution in [2.24, 2.45) is 5.73 Å². The van der Waals surface area contributed by atoms with Crippen LogP contribution in [-0.4, -0.2) is 31.4 Å². The molecule has 0 saturated carbocycles. The summed E-state index contributed by atoms with van der Waals surface area (Å²) in [6.45, 7) is 0. The number of halogens is 2. The maximum atomic E-state index is 11.8. The fraction of sp³-hybridized carbons (Fsp3) is 0.417. The van der Waals surface area contributed by atoms with Gasteiger partial charge in [0.2, 0.25) is 5.91 Å². The third kappa shape index (κ3) is 3.27. The lowest BCUT2D eigenvalue weighted by atomic mass is 9.91. The standard InChI is InChI=1S/C12H14BrClN2O3S/c13-9-7-8(1-2-10(9)14)16-12(11(15)17)3-5-20(18,19)6-4-12/h1-2,7,16H,3-6H2,(H2,15,17). The SMILES string of the molecule is NC(=O)C1(Nc2ccc(Cl)c(Br)c2)CCS(=O)(=O)CC1. The van der Waals surface area contributed by atoms with Gasteiger partial charge in [0.1, 0.15) is 5.54 Å². The molecule has 1 heterocycles. The van der Waals surface area contributed by atoms with Crippen LogP contribution in [0.4, 0.5) is 5.69 Å². The number of anilines is 1. The van der Waals surface area contributed by atoms with E-state index in [0.717, 1.165) is 0 Å². The van der Waals surface area contributed by atoms with Crippen LogP contribution in [0, 0.1) is 0 Å². The zero-order valence-electron chi connectivity index (χ0n) is 10.5. The fourth-order valence-electron chi connectivity index (χ4n) is 2.17. The van der Waals surface area contributed by atoms with Gasteiger partial charge in [0, 0.05) is 10.2 Å². The lowest BCUT2D eigenvalue weighted by Gasteiger charge is -2.35. The molecule has 0 aromatic heterocycles. The van der Waals surface area contributed by atoms with E-state index in [4.69, 9.17) is 17.3 Å². The predicted octanol–water partition coefficient (Wildman–Crippen LogP) is 1.95. The average Bonchev–Trinajstić information content (AvgIpc) is 2.36. The molecule has 1 fully saturated rings. The molecule has 1 aromatic rings. The second-order valence-corrected chi connectivity index (χ2v) is 8.42. The van der Waals surface area contributed by atoms with E-state index >= 15 is 0 Å². The number of nitrogens with two attached hydrogens (primary N) is 1. The van der Waals surface area contributed by atoms with E-state index < -0.39 is 21.3 Å². The minimum absolute atomic E-state index is 0.0439. The number of hydrogen-bond donors (Lipinski definition) is 2. The minimum atomic E-state index is -3.07. The summed E-state index contributed by atoms with van der Waals surface area (Å²) < 4.78 is 23.7. The maximum absolute atomic E-state index is 11.8. The Kier molecular flexibility index (Phi) is 4.32. The molecule has 0 unspecified atom stereocenters. The molecule has 0 bridgehead atoms. The number of rotatable bonds is 3. The van der Waals surface area contributed by atoms with E-state index in [1.54, 1.807) is 18.2 Å². The number of sulfone groups is 1. The minimum Gasteiger partial charge on any atom is -0.371 e. The van der Waals surface area contributed by atoms with Crippen LogP contribution in [0.2, 0.25) is 5.02 Å². The van der Waals surface area contributed by atoms with Crippen LogP contribution in [0.5, 0.6) is 0 Å². The largest absolute Gasteiger partial charge is 0.371 e. The van der Waals surface area contributed by atoms with Gasteiger partial charge in [-0.3, -0.25) is 4.79 Å². The number of benzene rings is 1. The Morgan fingerprint density at radius 3 is 2.45 bits per heavy atom. The predicted molar refractivity (Wildman–Crippen MR) is 82.6 cm³/mol. The molecule has 1 saturated heterocycles. The van der Waals surface area contributed by atoms with Gasteiger partial charge in [0.15, 0.2) is 9.84 Å². The number of amides is 1. The third-order valence-electron chi connectivity index (χ3n) is 3.45. The molecule has 0 aliphatic carbocycles. The topological polar surface area (TPSA) is 89.3 Å². The van der Waals surface area contributed by atoms with Gasteiger partial charge in [-0.25, -0.2) is 8.42 Å². The van der Waals surface area contributed by atoms with E-state index in [9.17, 15) is 13.2 Å². The van der Waals surface area contributed by atoms with Gasteiger partial charge in [0.05, 0.1) is 16.5 Å². The number of carbonyl (C=O) groups excluding carboxylic acids is 1. The Morgan fingerprint density at radius 1 is 1.35 bits per heavy atom. The van der Waals surface area contributed by atoms with Crippen molar-refractivity contribution in [2.45, 2.75) is 18.4 Å². The average molecular weight is 382 g/mol. The van der Waals surface area contributed by atoms with Gasteiger partial charge < -0.3 is 11.1 Å². The monoisotopic (exact) mass is 380 g/mol. The van der Waals surface area contributed by atoms with Crippen molar-refractivity contribution in [3.8, 4) is 0 Å². The van der Waals surface area contributed by atoms with Crippen LogP contribution in [-0.2, 0) is 14.6 Å². The highest BCUT2D eigenvalue weighted by molar-refractivity contribution is 9.10. The van der Waals surface area contributed by atoms with E-state index in [-0.39, 0.29) is 24.3 Å².